The lowest BCUT2D eigenvalue weighted by Crippen LogP contribution is -2.45. The summed E-state index contributed by atoms with van der Waals surface area (Å²) >= 11 is 0. The van der Waals surface area contributed by atoms with E-state index in [1.54, 1.807) is 13.8 Å². The smallest absolute Gasteiger partial charge is 0.227 e. The van der Waals surface area contributed by atoms with Crippen molar-refractivity contribution in [1.29, 1.82) is 0 Å². The highest BCUT2D eigenvalue weighted by molar-refractivity contribution is 5.97. The highest BCUT2D eigenvalue weighted by atomic mass is 16.2. The molecule has 0 aromatic heterocycles. The Morgan fingerprint density at radius 2 is 1.60 bits per heavy atom. The normalized spacial score (nSPS) is 13.2. The summed E-state index contributed by atoms with van der Waals surface area (Å²) < 4.78 is 0. The van der Waals surface area contributed by atoms with Crippen molar-refractivity contribution in [2.24, 2.45) is 11.8 Å². The van der Waals surface area contributed by atoms with Gasteiger partial charge in [0.2, 0.25) is 11.8 Å². The van der Waals surface area contributed by atoms with Crippen molar-refractivity contribution in [3.8, 4) is 0 Å². The molecule has 0 aliphatic heterocycles. The summed E-state index contributed by atoms with van der Waals surface area (Å²) in [7, 11) is 0. The number of amides is 2. The summed E-state index contributed by atoms with van der Waals surface area (Å²) in [5, 5.41) is 5.59. The van der Waals surface area contributed by atoms with E-state index in [1.807, 2.05) is 38.1 Å². The molecule has 0 bridgehead atoms. The average Bonchev–Trinajstić information content (AvgIpc) is 2.59. The molecule has 1 rings (SSSR count). The Hall–Kier alpha value is -2.17. The van der Waals surface area contributed by atoms with Crippen molar-refractivity contribution in [1.82, 2.24) is 5.32 Å². The van der Waals surface area contributed by atoms with Crippen molar-refractivity contribution in [3.63, 3.8) is 0 Å². The lowest BCUT2D eigenvalue weighted by molar-refractivity contribution is -0.130. The minimum atomic E-state index is -0.550. The number of anilines is 1. The molecule has 5 heteroatoms. The van der Waals surface area contributed by atoms with Gasteiger partial charge in [-0.3, -0.25) is 14.4 Å². The van der Waals surface area contributed by atoms with Crippen LogP contribution in [-0.4, -0.2) is 23.6 Å². The first-order chi connectivity index (χ1) is 11.8. The third kappa shape index (κ3) is 6.69. The molecule has 0 spiro atoms. The van der Waals surface area contributed by atoms with Crippen LogP contribution in [0.4, 0.5) is 5.69 Å². The largest absolute Gasteiger partial charge is 0.346 e. The minimum absolute atomic E-state index is 0.0140. The van der Waals surface area contributed by atoms with Crippen molar-refractivity contribution in [2.45, 2.75) is 59.9 Å². The quantitative estimate of drug-likeness (QED) is 0.720. The van der Waals surface area contributed by atoms with E-state index in [0.717, 1.165) is 12.1 Å². The SMILES string of the molecule is CCC(=O)NC(C(=O)C[C@@H](C)C(=O)Nc1ccc(CC)cc1)C(C)C. The topological polar surface area (TPSA) is 75.3 Å². The van der Waals surface area contributed by atoms with E-state index in [4.69, 9.17) is 0 Å². The van der Waals surface area contributed by atoms with Crippen LogP contribution < -0.4 is 10.6 Å². The van der Waals surface area contributed by atoms with E-state index in [2.05, 4.69) is 17.6 Å². The van der Waals surface area contributed by atoms with Crippen LogP contribution in [0.15, 0.2) is 24.3 Å². The summed E-state index contributed by atoms with van der Waals surface area (Å²) in [6, 6.07) is 7.13. The first-order valence-corrected chi connectivity index (χ1v) is 9.00. The van der Waals surface area contributed by atoms with Gasteiger partial charge in [-0.2, -0.15) is 0 Å². The molecule has 1 aromatic rings. The minimum Gasteiger partial charge on any atom is -0.346 e. The van der Waals surface area contributed by atoms with Gasteiger partial charge < -0.3 is 10.6 Å². The van der Waals surface area contributed by atoms with E-state index in [0.29, 0.717) is 6.42 Å². The van der Waals surface area contributed by atoms with Crippen LogP contribution in [-0.2, 0) is 20.8 Å². The molecule has 0 heterocycles. The van der Waals surface area contributed by atoms with Crippen molar-refractivity contribution in [3.05, 3.63) is 29.8 Å². The molecule has 2 amide bonds. The van der Waals surface area contributed by atoms with Gasteiger partial charge in [-0.25, -0.2) is 0 Å². The molecule has 1 aromatic carbocycles. The number of hydrogen-bond donors (Lipinski definition) is 2. The van der Waals surface area contributed by atoms with Gasteiger partial charge in [0, 0.05) is 24.4 Å². The molecule has 0 aliphatic carbocycles. The van der Waals surface area contributed by atoms with Crippen LogP contribution in [0, 0.1) is 11.8 Å². The van der Waals surface area contributed by atoms with Crippen molar-refractivity contribution < 1.29 is 14.4 Å². The third-order valence-electron chi connectivity index (χ3n) is 4.24. The second-order valence-corrected chi connectivity index (χ2v) is 6.75. The molecular formula is C20H30N2O3. The van der Waals surface area contributed by atoms with Gasteiger partial charge in [-0.15, -0.1) is 0 Å². The van der Waals surface area contributed by atoms with Gasteiger partial charge in [-0.05, 0) is 30.0 Å². The molecule has 1 unspecified atom stereocenters. The Bertz CT molecular complexity index is 593. The fourth-order valence-corrected chi connectivity index (χ4v) is 2.51. The highest BCUT2D eigenvalue weighted by Gasteiger charge is 2.27. The van der Waals surface area contributed by atoms with E-state index < -0.39 is 12.0 Å². The van der Waals surface area contributed by atoms with E-state index >= 15 is 0 Å². The zero-order valence-corrected chi connectivity index (χ0v) is 15.9. The number of Topliss-reactive ketones (excluding diaryl/α,β-unsaturated/α-hetero) is 1. The molecule has 2 N–H and O–H groups in total. The fraction of sp³-hybridized carbons (Fsp3) is 0.550. The van der Waals surface area contributed by atoms with Crippen LogP contribution >= 0.6 is 0 Å². The molecule has 25 heavy (non-hydrogen) atoms. The number of carbonyl (C=O) groups excluding carboxylic acids is 3. The van der Waals surface area contributed by atoms with Crippen molar-refractivity contribution >= 4 is 23.3 Å². The molecule has 0 saturated carbocycles. The second kappa shape index (κ2) is 9.97. The number of benzene rings is 1. The molecule has 138 valence electrons. The predicted molar refractivity (Wildman–Crippen MR) is 100 cm³/mol. The van der Waals surface area contributed by atoms with Gasteiger partial charge >= 0.3 is 0 Å². The molecule has 0 aliphatic rings. The molecule has 0 fully saturated rings. The third-order valence-corrected chi connectivity index (χ3v) is 4.24. The van der Waals surface area contributed by atoms with Gasteiger partial charge in [0.05, 0.1) is 6.04 Å². The lowest BCUT2D eigenvalue weighted by Gasteiger charge is -2.22. The monoisotopic (exact) mass is 346 g/mol. The Morgan fingerprint density at radius 1 is 1.00 bits per heavy atom. The van der Waals surface area contributed by atoms with Crippen LogP contribution in [0.25, 0.3) is 0 Å². The second-order valence-electron chi connectivity index (χ2n) is 6.75. The maximum atomic E-state index is 12.5. The predicted octanol–water partition coefficient (Wildman–Crippen LogP) is 3.33. The number of nitrogens with one attached hydrogen (secondary N) is 2. The van der Waals surface area contributed by atoms with Gasteiger partial charge in [0.25, 0.3) is 0 Å². The zero-order chi connectivity index (χ0) is 19.0. The first-order valence-electron chi connectivity index (χ1n) is 9.00. The number of carbonyl (C=O) groups is 3. The lowest BCUT2D eigenvalue weighted by atomic mass is 9.92. The van der Waals surface area contributed by atoms with Crippen molar-refractivity contribution in [2.75, 3.05) is 5.32 Å². The molecule has 0 saturated heterocycles. The molecular weight excluding hydrogens is 316 g/mol. The molecule has 0 radical (unpaired) electrons. The number of ketones is 1. The van der Waals surface area contributed by atoms with Gasteiger partial charge in [0.1, 0.15) is 0 Å². The first kappa shape index (κ1) is 20.9. The number of hydrogen-bond acceptors (Lipinski definition) is 3. The van der Waals surface area contributed by atoms with E-state index in [-0.39, 0.29) is 29.9 Å². The van der Waals surface area contributed by atoms with E-state index in [1.165, 1.54) is 5.56 Å². The van der Waals surface area contributed by atoms with Gasteiger partial charge in [0.15, 0.2) is 5.78 Å². The summed E-state index contributed by atoms with van der Waals surface area (Å²) in [6.07, 6.45) is 1.38. The molecule has 5 nitrogen and oxygen atoms in total. The Kier molecular flexibility index (Phi) is 8.32. The number of aryl methyl sites for hydroxylation is 1. The fourth-order valence-electron chi connectivity index (χ4n) is 2.51. The van der Waals surface area contributed by atoms with Crippen LogP contribution in [0.5, 0.6) is 0 Å². The average molecular weight is 346 g/mol. The maximum absolute atomic E-state index is 12.5. The van der Waals surface area contributed by atoms with Crippen LogP contribution in [0.1, 0.15) is 53.0 Å². The number of rotatable bonds is 9. The standard InChI is InChI=1S/C20H30N2O3/c1-6-15-8-10-16(11-9-15)21-20(25)14(5)12-17(23)19(13(3)4)22-18(24)7-2/h8-11,13-14,19H,6-7,12H2,1-5H3,(H,21,25)(H,22,24)/t14-,19?/m1/s1. The Balaban J connectivity index is 2.64. The zero-order valence-electron chi connectivity index (χ0n) is 15.9. The van der Waals surface area contributed by atoms with Gasteiger partial charge in [-0.1, -0.05) is 46.8 Å². The maximum Gasteiger partial charge on any atom is 0.227 e. The van der Waals surface area contributed by atoms with Crippen LogP contribution in [0.2, 0.25) is 0 Å². The summed E-state index contributed by atoms with van der Waals surface area (Å²) in [5.41, 5.74) is 1.92. The molecule has 2 atom stereocenters. The summed E-state index contributed by atoms with van der Waals surface area (Å²) in [6.45, 7) is 9.32. The van der Waals surface area contributed by atoms with E-state index in [9.17, 15) is 14.4 Å². The Labute approximate surface area is 150 Å². The highest BCUT2D eigenvalue weighted by Crippen LogP contribution is 2.15. The Morgan fingerprint density at radius 3 is 2.08 bits per heavy atom. The summed E-state index contributed by atoms with van der Waals surface area (Å²) in [4.78, 5) is 36.4. The summed E-state index contributed by atoms with van der Waals surface area (Å²) in [5.74, 6) is -0.930. The van der Waals surface area contributed by atoms with Crippen LogP contribution in [0.3, 0.4) is 0 Å².